The molecular formula is C15H18N2O2. The molecule has 0 atom stereocenters. The second-order valence-corrected chi connectivity index (χ2v) is 4.35. The maximum atomic E-state index is 11.9. The largest absolute Gasteiger partial charge is 0.456 e. The minimum Gasteiger partial charge on any atom is -0.456 e. The van der Waals surface area contributed by atoms with E-state index in [0.717, 1.165) is 30.1 Å². The molecule has 0 fully saturated rings. The first-order chi connectivity index (χ1) is 9.19. The Hall–Kier alpha value is -2.07. The van der Waals surface area contributed by atoms with Crippen molar-refractivity contribution < 1.29 is 9.21 Å². The molecule has 0 radical (unpaired) electrons. The number of carbonyl (C=O) groups is 1. The predicted molar refractivity (Wildman–Crippen MR) is 75.2 cm³/mol. The smallest absolute Gasteiger partial charge is 0.291 e. The molecule has 1 amide bonds. The average Bonchev–Trinajstić information content (AvgIpc) is 2.83. The third kappa shape index (κ3) is 3.69. The van der Waals surface area contributed by atoms with Gasteiger partial charge in [0, 0.05) is 12.2 Å². The van der Waals surface area contributed by atoms with Gasteiger partial charge in [-0.2, -0.15) is 0 Å². The molecule has 2 aromatic rings. The molecule has 0 bridgehead atoms. The maximum absolute atomic E-state index is 11.9. The lowest BCUT2D eigenvalue weighted by atomic mass is 10.2. The molecule has 0 spiro atoms. The number of hydrogen-bond acceptors (Lipinski definition) is 3. The van der Waals surface area contributed by atoms with Crippen LogP contribution in [0.1, 0.15) is 28.8 Å². The van der Waals surface area contributed by atoms with E-state index in [-0.39, 0.29) is 5.91 Å². The zero-order chi connectivity index (χ0) is 13.7. The first kappa shape index (κ1) is 13.4. The molecule has 0 aliphatic heterocycles. The summed E-state index contributed by atoms with van der Waals surface area (Å²) in [5, 5.41) is 6.08. The Balaban J connectivity index is 2.04. The van der Waals surface area contributed by atoms with Crippen LogP contribution in [0.2, 0.25) is 0 Å². The number of carbonyl (C=O) groups excluding carboxylic acids is 1. The van der Waals surface area contributed by atoms with Gasteiger partial charge in [0.05, 0.1) is 0 Å². The van der Waals surface area contributed by atoms with E-state index in [1.807, 2.05) is 31.2 Å². The lowest BCUT2D eigenvalue weighted by Crippen LogP contribution is -2.13. The Bertz CT molecular complexity index is 561. The number of nitrogens with one attached hydrogen (secondary N) is 2. The standard InChI is InChI=1S/C15H18N2O2/c1-3-16-10-12-5-4-6-13(9-12)17-15(18)14-8-7-11(2)19-14/h4-9,16H,3,10H2,1-2H3,(H,17,18). The van der Waals surface area contributed by atoms with Crippen LogP contribution in [-0.4, -0.2) is 12.5 Å². The summed E-state index contributed by atoms with van der Waals surface area (Å²) in [6.07, 6.45) is 0. The van der Waals surface area contributed by atoms with Gasteiger partial charge in [0.25, 0.3) is 5.91 Å². The molecule has 1 heterocycles. The van der Waals surface area contributed by atoms with Gasteiger partial charge in [-0.1, -0.05) is 19.1 Å². The first-order valence-corrected chi connectivity index (χ1v) is 6.36. The van der Waals surface area contributed by atoms with E-state index >= 15 is 0 Å². The molecule has 100 valence electrons. The number of furan rings is 1. The molecule has 2 rings (SSSR count). The molecule has 19 heavy (non-hydrogen) atoms. The second kappa shape index (κ2) is 6.20. The maximum Gasteiger partial charge on any atom is 0.291 e. The highest BCUT2D eigenvalue weighted by Gasteiger charge is 2.10. The van der Waals surface area contributed by atoms with Crippen LogP contribution in [0.5, 0.6) is 0 Å². The number of hydrogen-bond donors (Lipinski definition) is 2. The van der Waals surface area contributed by atoms with Crippen molar-refractivity contribution in [1.82, 2.24) is 5.32 Å². The van der Waals surface area contributed by atoms with Crippen LogP contribution >= 0.6 is 0 Å². The number of benzene rings is 1. The van der Waals surface area contributed by atoms with E-state index in [4.69, 9.17) is 4.42 Å². The Morgan fingerprint density at radius 1 is 1.26 bits per heavy atom. The summed E-state index contributed by atoms with van der Waals surface area (Å²) in [7, 11) is 0. The van der Waals surface area contributed by atoms with Crippen molar-refractivity contribution in [2.24, 2.45) is 0 Å². The Morgan fingerprint density at radius 2 is 2.11 bits per heavy atom. The molecule has 1 aromatic carbocycles. The molecular weight excluding hydrogens is 240 g/mol. The normalized spacial score (nSPS) is 10.4. The first-order valence-electron chi connectivity index (χ1n) is 6.36. The molecule has 4 heteroatoms. The quantitative estimate of drug-likeness (QED) is 0.867. The fourth-order valence-corrected chi connectivity index (χ4v) is 1.78. The molecule has 0 unspecified atom stereocenters. The highest BCUT2D eigenvalue weighted by molar-refractivity contribution is 6.02. The van der Waals surface area contributed by atoms with Crippen molar-refractivity contribution in [3.63, 3.8) is 0 Å². The van der Waals surface area contributed by atoms with Gasteiger partial charge >= 0.3 is 0 Å². The van der Waals surface area contributed by atoms with Crippen LogP contribution in [0, 0.1) is 6.92 Å². The minimum atomic E-state index is -0.228. The van der Waals surface area contributed by atoms with E-state index in [1.54, 1.807) is 12.1 Å². The third-order valence-corrected chi connectivity index (χ3v) is 2.73. The van der Waals surface area contributed by atoms with Crippen molar-refractivity contribution in [1.29, 1.82) is 0 Å². The molecule has 2 N–H and O–H groups in total. The van der Waals surface area contributed by atoms with E-state index in [9.17, 15) is 4.79 Å². The topological polar surface area (TPSA) is 54.3 Å². The van der Waals surface area contributed by atoms with Gasteiger partial charge < -0.3 is 15.1 Å². The highest BCUT2D eigenvalue weighted by Crippen LogP contribution is 2.13. The van der Waals surface area contributed by atoms with Crippen molar-refractivity contribution >= 4 is 11.6 Å². The molecule has 0 saturated carbocycles. The van der Waals surface area contributed by atoms with Gasteiger partial charge in [-0.05, 0) is 43.3 Å². The second-order valence-electron chi connectivity index (χ2n) is 4.35. The van der Waals surface area contributed by atoms with Crippen molar-refractivity contribution in [2.45, 2.75) is 20.4 Å². The fraction of sp³-hybridized carbons (Fsp3) is 0.267. The fourth-order valence-electron chi connectivity index (χ4n) is 1.78. The Morgan fingerprint density at radius 3 is 2.79 bits per heavy atom. The van der Waals surface area contributed by atoms with Crippen molar-refractivity contribution in [3.8, 4) is 0 Å². The van der Waals surface area contributed by atoms with Crippen LogP contribution < -0.4 is 10.6 Å². The van der Waals surface area contributed by atoms with Crippen LogP contribution in [-0.2, 0) is 6.54 Å². The summed E-state index contributed by atoms with van der Waals surface area (Å²) in [5.74, 6) is 0.828. The summed E-state index contributed by atoms with van der Waals surface area (Å²) in [6.45, 7) is 5.58. The predicted octanol–water partition coefficient (Wildman–Crippen LogP) is 2.95. The molecule has 1 aromatic heterocycles. The Kier molecular flexibility index (Phi) is 4.36. The molecule has 0 aliphatic rings. The minimum absolute atomic E-state index is 0.228. The summed E-state index contributed by atoms with van der Waals surface area (Å²) >= 11 is 0. The molecule has 0 saturated heterocycles. The molecule has 0 aliphatic carbocycles. The van der Waals surface area contributed by atoms with E-state index < -0.39 is 0 Å². The van der Waals surface area contributed by atoms with E-state index in [1.165, 1.54) is 0 Å². The zero-order valence-corrected chi connectivity index (χ0v) is 11.2. The van der Waals surface area contributed by atoms with Crippen LogP contribution in [0.15, 0.2) is 40.8 Å². The van der Waals surface area contributed by atoms with Crippen LogP contribution in [0.4, 0.5) is 5.69 Å². The van der Waals surface area contributed by atoms with Gasteiger partial charge in [0.1, 0.15) is 5.76 Å². The van der Waals surface area contributed by atoms with Crippen LogP contribution in [0.3, 0.4) is 0 Å². The summed E-state index contributed by atoms with van der Waals surface area (Å²) in [5.41, 5.74) is 1.91. The lowest BCUT2D eigenvalue weighted by molar-refractivity contribution is 0.0995. The third-order valence-electron chi connectivity index (χ3n) is 2.73. The summed E-state index contributed by atoms with van der Waals surface area (Å²) < 4.78 is 5.29. The van der Waals surface area contributed by atoms with Gasteiger partial charge in [0.2, 0.25) is 0 Å². The number of anilines is 1. The number of amides is 1. The monoisotopic (exact) mass is 258 g/mol. The van der Waals surface area contributed by atoms with E-state index in [0.29, 0.717) is 5.76 Å². The van der Waals surface area contributed by atoms with Gasteiger partial charge in [0.15, 0.2) is 5.76 Å². The van der Waals surface area contributed by atoms with Gasteiger partial charge in [-0.25, -0.2) is 0 Å². The highest BCUT2D eigenvalue weighted by atomic mass is 16.3. The number of rotatable bonds is 5. The summed E-state index contributed by atoms with van der Waals surface area (Å²) in [4.78, 5) is 11.9. The van der Waals surface area contributed by atoms with E-state index in [2.05, 4.69) is 17.6 Å². The van der Waals surface area contributed by atoms with Crippen molar-refractivity contribution in [2.75, 3.05) is 11.9 Å². The van der Waals surface area contributed by atoms with Crippen molar-refractivity contribution in [3.05, 3.63) is 53.5 Å². The Labute approximate surface area is 112 Å². The average molecular weight is 258 g/mol. The number of aryl methyl sites for hydroxylation is 1. The van der Waals surface area contributed by atoms with Gasteiger partial charge in [-0.15, -0.1) is 0 Å². The SMILES string of the molecule is CCNCc1cccc(NC(=O)c2ccc(C)o2)c1. The lowest BCUT2D eigenvalue weighted by Gasteiger charge is -2.06. The van der Waals surface area contributed by atoms with Gasteiger partial charge in [-0.3, -0.25) is 4.79 Å². The van der Waals surface area contributed by atoms with Crippen LogP contribution in [0.25, 0.3) is 0 Å². The molecule has 4 nitrogen and oxygen atoms in total. The zero-order valence-electron chi connectivity index (χ0n) is 11.2. The summed E-state index contributed by atoms with van der Waals surface area (Å²) in [6, 6.07) is 11.2.